The van der Waals surface area contributed by atoms with Crippen molar-refractivity contribution >= 4 is 44.8 Å². The topological polar surface area (TPSA) is 66.5 Å². The zero-order chi connectivity index (χ0) is 14.9. The second kappa shape index (κ2) is 5.89. The molecule has 2 rings (SSSR count). The Morgan fingerprint density at radius 2 is 2.05 bits per heavy atom. The zero-order valence-corrected chi connectivity index (χ0v) is 13.1. The van der Waals surface area contributed by atoms with Crippen molar-refractivity contribution in [3.05, 3.63) is 28.2 Å². The number of hydrogen-bond donors (Lipinski definition) is 1. The van der Waals surface area contributed by atoms with E-state index in [2.05, 4.69) is 5.32 Å². The van der Waals surface area contributed by atoms with E-state index in [-0.39, 0.29) is 12.6 Å². The first-order valence-electron chi connectivity index (χ1n) is 5.99. The van der Waals surface area contributed by atoms with Crippen LogP contribution in [0.15, 0.2) is 18.2 Å². The van der Waals surface area contributed by atoms with Gasteiger partial charge < -0.3 is 5.32 Å². The molecular formula is C12H14Cl2N2O3S. The minimum absolute atomic E-state index is 0.0589. The van der Waals surface area contributed by atoms with Crippen LogP contribution in [0.5, 0.6) is 0 Å². The third kappa shape index (κ3) is 4.09. The number of anilines is 1. The fourth-order valence-corrected chi connectivity index (χ4v) is 3.36. The number of rotatable bonds is 5. The lowest BCUT2D eigenvalue weighted by molar-refractivity contribution is -0.116. The maximum atomic E-state index is 11.9. The standard InChI is InChI=1S/C12H14Cl2N2O3S/c1-20(18,19)16(9-3-4-9)7-12(17)15-11-5-2-8(13)6-10(11)14/h2,5-6,9H,3-4,7H2,1H3,(H,15,17). The minimum Gasteiger partial charge on any atom is -0.324 e. The maximum Gasteiger partial charge on any atom is 0.239 e. The number of hydrogen-bond acceptors (Lipinski definition) is 3. The first-order valence-corrected chi connectivity index (χ1v) is 8.59. The SMILES string of the molecule is CS(=O)(=O)N(CC(=O)Nc1ccc(Cl)cc1Cl)C1CC1. The molecule has 0 spiro atoms. The van der Waals surface area contributed by atoms with Gasteiger partial charge in [-0.05, 0) is 31.0 Å². The van der Waals surface area contributed by atoms with Gasteiger partial charge in [0.1, 0.15) is 0 Å². The molecule has 1 amide bonds. The molecule has 0 heterocycles. The van der Waals surface area contributed by atoms with Gasteiger partial charge in [-0.3, -0.25) is 4.79 Å². The van der Waals surface area contributed by atoms with Crippen LogP contribution in [0.1, 0.15) is 12.8 Å². The summed E-state index contributed by atoms with van der Waals surface area (Å²) in [5.41, 5.74) is 0.408. The summed E-state index contributed by atoms with van der Waals surface area (Å²) in [7, 11) is -3.39. The van der Waals surface area contributed by atoms with Gasteiger partial charge in [-0.15, -0.1) is 0 Å². The van der Waals surface area contributed by atoms with E-state index in [0.717, 1.165) is 19.1 Å². The molecule has 0 aromatic heterocycles. The molecule has 20 heavy (non-hydrogen) atoms. The van der Waals surface area contributed by atoms with E-state index in [4.69, 9.17) is 23.2 Å². The maximum absolute atomic E-state index is 11.9. The zero-order valence-electron chi connectivity index (χ0n) is 10.8. The Balaban J connectivity index is 2.04. The molecule has 1 aliphatic rings. The highest BCUT2D eigenvalue weighted by atomic mass is 35.5. The van der Waals surface area contributed by atoms with Crippen LogP contribution in [0.25, 0.3) is 0 Å². The van der Waals surface area contributed by atoms with Gasteiger partial charge in [0.2, 0.25) is 15.9 Å². The summed E-state index contributed by atoms with van der Waals surface area (Å²) in [6.07, 6.45) is 2.69. The molecule has 1 fully saturated rings. The van der Waals surface area contributed by atoms with Crippen molar-refractivity contribution in [2.45, 2.75) is 18.9 Å². The minimum atomic E-state index is -3.39. The molecule has 1 aliphatic carbocycles. The third-order valence-electron chi connectivity index (χ3n) is 2.88. The Hall–Kier alpha value is -0.820. The van der Waals surface area contributed by atoms with Crippen molar-refractivity contribution in [3.8, 4) is 0 Å². The van der Waals surface area contributed by atoms with E-state index in [9.17, 15) is 13.2 Å². The molecule has 0 unspecified atom stereocenters. The van der Waals surface area contributed by atoms with Gasteiger partial charge in [-0.1, -0.05) is 23.2 Å². The molecule has 5 nitrogen and oxygen atoms in total. The largest absolute Gasteiger partial charge is 0.324 e. The molecule has 110 valence electrons. The van der Waals surface area contributed by atoms with Crippen LogP contribution in [0.4, 0.5) is 5.69 Å². The Labute approximate surface area is 127 Å². The molecule has 0 bridgehead atoms. The molecule has 0 saturated heterocycles. The molecule has 0 aliphatic heterocycles. The Bertz CT molecular complexity index is 630. The van der Waals surface area contributed by atoms with E-state index in [1.54, 1.807) is 12.1 Å². The summed E-state index contributed by atoms with van der Waals surface area (Å²) >= 11 is 11.7. The number of carbonyl (C=O) groups excluding carboxylic acids is 1. The number of halogens is 2. The van der Waals surface area contributed by atoms with Crippen LogP contribution in [-0.4, -0.2) is 37.5 Å². The summed E-state index contributed by atoms with van der Waals surface area (Å²) in [5.74, 6) is -0.424. The van der Waals surface area contributed by atoms with Gasteiger partial charge in [-0.25, -0.2) is 8.42 Å². The number of carbonyl (C=O) groups is 1. The average molecular weight is 337 g/mol. The van der Waals surface area contributed by atoms with E-state index < -0.39 is 15.9 Å². The predicted octanol–water partition coefficient (Wildman–Crippen LogP) is 2.36. The average Bonchev–Trinajstić information content (AvgIpc) is 3.12. The van der Waals surface area contributed by atoms with Crippen LogP contribution in [0, 0.1) is 0 Å². The quantitative estimate of drug-likeness (QED) is 0.897. The van der Waals surface area contributed by atoms with E-state index in [1.807, 2.05) is 0 Å². The molecule has 0 radical (unpaired) electrons. The summed E-state index contributed by atoms with van der Waals surface area (Å²) in [6, 6.07) is 4.62. The van der Waals surface area contributed by atoms with Gasteiger partial charge >= 0.3 is 0 Å². The van der Waals surface area contributed by atoms with Crippen molar-refractivity contribution in [1.82, 2.24) is 4.31 Å². The molecule has 1 saturated carbocycles. The van der Waals surface area contributed by atoms with Crippen LogP contribution in [0.3, 0.4) is 0 Å². The smallest absolute Gasteiger partial charge is 0.239 e. The van der Waals surface area contributed by atoms with Crippen molar-refractivity contribution in [2.75, 3.05) is 18.1 Å². The Kier molecular flexibility index (Phi) is 4.59. The predicted molar refractivity (Wildman–Crippen MR) is 79.7 cm³/mol. The Morgan fingerprint density at radius 1 is 1.40 bits per heavy atom. The highest BCUT2D eigenvalue weighted by molar-refractivity contribution is 7.88. The van der Waals surface area contributed by atoms with E-state index in [1.165, 1.54) is 10.4 Å². The first kappa shape index (κ1) is 15.6. The van der Waals surface area contributed by atoms with Gasteiger partial charge in [0, 0.05) is 11.1 Å². The van der Waals surface area contributed by atoms with E-state index in [0.29, 0.717) is 15.7 Å². The van der Waals surface area contributed by atoms with Crippen molar-refractivity contribution in [3.63, 3.8) is 0 Å². The normalized spacial score (nSPS) is 15.4. The highest BCUT2D eigenvalue weighted by Crippen LogP contribution is 2.29. The number of amides is 1. The second-order valence-electron chi connectivity index (χ2n) is 4.71. The van der Waals surface area contributed by atoms with Gasteiger partial charge in [0.25, 0.3) is 0 Å². The molecule has 0 atom stereocenters. The lowest BCUT2D eigenvalue weighted by atomic mass is 10.3. The highest BCUT2D eigenvalue weighted by Gasteiger charge is 2.36. The number of nitrogens with one attached hydrogen (secondary N) is 1. The van der Waals surface area contributed by atoms with Crippen molar-refractivity contribution < 1.29 is 13.2 Å². The van der Waals surface area contributed by atoms with Gasteiger partial charge in [-0.2, -0.15) is 4.31 Å². The molecule has 1 N–H and O–H groups in total. The van der Waals surface area contributed by atoms with Crippen LogP contribution < -0.4 is 5.32 Å². The second-order valence-corrected chi connectivity index (χ2v) is 7.49. The third-order valence-corrected chi connectivity index (χ3v) is 4.71. The summed E-state index contributed by atoms with van der Waals surface area (Å²) < 4.78 is 24.4. The summed E-state index contributed by atoms with van der Waals surface area (Å²) in [5, 5.41) is 3.36. The Morgan fingerprint density at radius 3 is 2.55 bits per heavy atom. The molecular weight excluding hydrogens is 323 g/mol. The lowest BCUT2D eigenvalue weighted by Gasteiger charge is -2.19. The summed E-state index contributed by atoms with van der Waals surface area (Å²) in [6.45, 7) is -0.206. The van der Waals surface area contributed by atoms with Crippen molar-refractivity contribution in [2.24, 2.45) is 0 Å². The lowest BCUT2D eigenvalue weighted by Crippen LogP contribution is -2.38. The van der Waals surface area contributed by atoms with Crippen molar-refractivity contribution in [1.29, 1.82) is 0 Å². The van der Waals surface area contributed by atoms with Crippen LogP contribution >= 0.6 is 23.2 Å². The molecule has 1 aromatic rings. The van der Waals surface area contributed by atoms with Gasteiger partial charge in [0.05, 0.1) is 23.5 Å². The first-order chi connectivity index (χ1) is 9.27. The number of nitrogens with zero attached hydrogens (tertiary/aromatic N) is 1. The van der Waals surface area contributed by atoms with Crippen LogP contribution in [-0.2, 0) is 14.8 Å². The number of benzene rings is 1. The van der Waals surface area contributed by atoms with Gasteiger partial charge in [0.15, 0.2) is 0 Å². The summed E-state index contributed by atoms with van der Waals surface area (Å²) in [4.78, 5) is 11.9. The van der Waals surface area contributed by atoms with Crippen LogP contribution in [0.2, 0.25) is 10.0 Å². The number of sulfonamides is 1. The molecule has 8 heteroatoms. The fourth-order valence-electron chi connectivity index (χ4n) is 1.80. The molecule has 1 aromatic carbocycles. The fraction of sp³-hybridized carbons (Fsp3) is 0.417. The van der Waals surface area contributed by atoms with E-state index >= 15 is 0 Å². The monoisotopic (exact) mass is 336 g/mol.